The number of allylic oxidation sites excluding steroid dienone is 8. The summed E-state index contributed by atoms with van der Waals surface area (Å²) in [6.07, 6.45) is 29.6. The van der Waals surface area contributed by atoms with Crippen molar-refractivity contribution in [3.8, 4) is 0 Å². The van der Waals surface area contributed by atoms with Crippen LogP contribution in [0, 0.1) is 47.3 Å². The summed E-state index contributed by atoms with van der Waals surface area (Å²) in [5.41, 5.74) is -0.116. The number of hydrogen-bond acceptors (Lipinski definition) is 0. The van der Waals surface area contributed by atoms with Gasteiger partial charge in [0.2, 0.25) is 0 Å². The van der Waals surface area contributed by atoms with Gasteiger partial charge in [0.15, 0.2) is 0 Å². The fourth-order valence-electron chi connectivity index (χ4n) is 7.86. The van der Waals surface area contributed by atoms with Crippen LogP contribution in [0.3, 0.4) is 0 Å². The van der Waals surface area contributed by atoms with Crippen molar-refractivity contribution < 1.29 is 44.9 Å². The zero-order valence-electron chi connectivity index (χ0n) is 18.4. The van der Waals surface area contributed by atoms with Gasteiger partial charge >= 0.3 is 180 Å². The molecule has 6 aliphatic rings. The first-order chi connectivity index (χ1) is 13.7. The first-order valence-corrected chi connectivity index (χ1v) is 24.1. The molecular formula is C26H36Cl2HfSi. The summed E-state index contributed by atoms with van der Waals surface area (Å²) in [7, 11) is 0. The summed E-state index contributed by atoms with van der Waals surface area (Å²) in [5, 5.41) is 0. The van der Waals surface area contributed by atoms with Crippen LogP contribution < -0.4 is 24.8 Å². The van der Waals surface area contributed by atoms with Gasteiger partial charge in [-0.3, -0.25) is 0 Å². The summed E-state index contributed by atoms with van der Waals surface area (Å²) in [6, 6.07) is 0. The Labute approximate surface area is 204 Å². The fraction of sp³-hybridized carbons (Fsp3) is 0.692. The molecular weight excluding hydrogens is 590 g/mol. The van der Waals surface area contributed by atoms with Crippen molar-refractivity contribution in [1.29, 1.82) is 0 Å². The van der Waals surface area contributed by atoms with Crippen LogP contribution >= 0.6 is 0 Å². The zero-order chi connectivity index (χ0) is 18.8. The van der Waals surface area contributed by atoms with Gasteiger partial charge in [0.25, 0.3) is 0 Å². The smallest absolute Gasteiger partial charge is 1.00 e. The van der Waals surface area contributed by atoms with Gasteiger partial charge in [-0.2, -0.15) is 0 Å². The first kappa shape index (κ1) is 23.8. The summed E-state index contributed by atoms with van der Waals surface area (Å²) < 4.78 is 2.38. The molecule has 0 bridgehead atoms. The van der Waals surface area contributed by atoms with E-state index < -0.39 is 20.1 Å². The third kappa shape index (κ3) is 4.14. The maximum Gasteiger partial charge on any atom is -1.00 e. The van der Waals surface area contributed by atoms with E-state index in [1.165, 1.54) is 7.35 Å². The van der Waals surface area contributed by atoms with Gasteiger partial charge in [0, 0.05) is 0 Å². The van der Waals surface area contributed by atoms with Gasteiger partial charge in [-0.25, -0.2) is 0 Å². The third-order valence-corrected chi connectivity index (χ3v) is 39.2. The molecule has 8 atom stereocenters. The Hall–Kier alpha value is 0.627. The second-order valence-corrected chi connectivity index (χ2v) is 36.6. The van der Waals surface area contributed by atoms with E-state index in [0.717, 1.165) is 47.3 Å². The number of hydrogen-bond donors (Lipinski definition) is 0. The molecule has 0 aromatic rings. The summed E-state index contributed by atoms with van der Waals surface area (Å²) in [4.78, 5) is 0. The second-order valence-electron chi connectivity index (χ2n) is 11.0. The average Bonchev–Trinajstić information content (AvgIpc) is 3.63. The Morgan fingerprint density at radius 1 is 0.633 bits per heavy atom. The van der Waals surface area contributed by atoms with Crippen molar-refractivity contribution in [2.24, 2.45) is 47.3 Å². The van der Waals surface area contributed by atoms with Crippen LogP contribution in [0.2, 0.25) is 20.4 Å². The molecule has 6 rings (SSSR count). The maximum atomic E-state index is 2.77. The van der Waals surface area contributed by atoms with Crippen molar-refractivity contribution in [3.63, 3.8) is 0 Å². The van der Waals surface area contributed by atoms with Crippen molar-refractivity contribution >= 4 is 5.49 Å². The number of rotatable bonds is 4. The molecule has 0 nitrogen and oxygen atoms in total. The van der Waals surface area contributed by atoms with Gasteiger partial charge in [-0.15, -0.1) is 0 Å². The minimum absolute atomic E-state index is 0. The van der Waals surface area contributed by atoms with E-state index in [-0.39, 0.29) is 30.3 Å². The van der Waals surface area contributed by atoms with Crippen molar-refractivity contribution in [2.75, 3.05) is 0 Å². The largest absolute Gasteiger partial charge is 1.00 e. The van der Waals surface area contributed by atoms with Crippen LogP contribution in [0.4, 0.5) is 0 Å². The summed E-state index contributed by atoms with van der Waals surface area (Å²) in [6.45, 7) is 5.54. The van der Waals surface area contributed by atoms with E-state index >= 15 is 0 Å². The normalized spacial score (nSPS) is 42.6. The SMILES string of the molecule is C[Si](C)=[Hf+2]([CH]1C2C=CC=CC2CC1C1CC1)[CH]1C2C=CC=CC2CC1C1CC1.[Cl-].[Cl-]. The molecule has 30 heavy (non-hydrogen) atoms. The molecule has 0 radical (unpaired) electrons. The standard InChI is InChI=1S/2C12H15.C2H6Si.2ClH.Hf/c2*1-2-4-11-8-12(9-5-6-9)7-10(11)3-1;1-3-2;;;/h2*1-4,7,9-12H,5-6,8H2;1-2H3;2*1H;/q;;;;;+2/p-2. The van der Waals surface area contributed by atoms with E-state index in [0.29, 0.717) is 0 Å². The van der Waals surface area contributed by atoms with E-state index in [1.807, 2.05) is 0 Å². The minimum Gasteiger partial charge on any atom is -1.00 e. The quantitative estimate of drug-likeness (QED) is 0.410. The Morgan fingerprint density at radius 2 is 1.03 bits per heavy atom. The topological polar surface area (TPSA) is 0 Å². The monoisotopic (exact) mass is 626 g/mol. The zero-order valence-corrected chi connectivity index (χ0v) is 24.5. The van der Waals surface area contributed by atoms with Gasteiger partial charge in [-0.05, 0) is 0 Å². The van der Waals surface area contributed by atoms with E-state index in [4.69, 9.17) is 0 Å². The Balaban J connectivity index is 0.00000109. The molecule has 0 spiro atoms. The van der Waals surface area contributed by atoms with Crippen molar-refractivity contribution in [3.05, 3.63) is 48.6 Å². The van der Waals surface area contributed by atoms with E-state index in [2.05, 4.69) is 61.7 Å². The van der Waals surface area contributed by atoms with Crippen LogP contribution in [0.25, 0.3) is 0 Å². The molecule has 0 N–H and O–H groups in total. The molecule has 0 aromatic carbocycles. The molecule has 162 valence electrons. The summed E-state index contributed by atoms with van der Waals surface area (Å²) in [5.74, 6) is 8.17. The number of halogens is 2. The van der Waals surface area contributed by atoms with E-state index in [9.17, 15) is 0 Å². The average molecular weight is 626 g/mol. The van der Waals surface area contributed by atoms with Crippen molar-refractivity contribution in [1.82, 2.24) is 0 Å². The van der Waals surface area contributed by atoms with Crippen molar-refractivity contribution in [2.45, 2.75) is 59.0 Å². The van der Waals surface area contributed by atoms with Crippen LogP contribution in [0.15, 0.2) is 48.6 Å². The fourth-order valence-corrected chi connectivity index (χ4v) is 43.6. The van der Waals surface area contributed by atoms with Crippen LogP contribution in [0.1, 0.15) is 38.5 Å². The molecule has 4 heteroatoms. The minimum atomic E-state index is -1.79. The maximum absolute atomic E-state index is 2.77. The summed E-state index contributed by atoms with van der Waals surface area (Å²) >= 11 is -1.79. The third-order valence-electron chi connectivity index (χ3n) is 9.19. The molecule has 0 saturated heterocycles. The molecule has 6 aliphatic carbocycles. The van der Waals surface area contributed by atoms with Gasteiger partial charge < -0.3 is 24.8 Å². The van der Waals surface area contributed by atoms with Crippen LogP contribution in [-0.2, 0) is 20.1 Å². The van der Waals surface area contributed by atoms with Gasteiger partial charge in [0.05, 0.1) is 0 Å². The predicted molar refractivity (Wildman–Crippen MR) is 117 cm³/mol. The number of fused-ring (bicyclic) bond motifs is 2. The first-order valence-electron chi connectivity index (χ1n) is 12.1. The second kappa shape index (κ2) is 9.47. The Kier molecular flexibility index (Phi) is 7.51. The Morgan fingerprint density at radius 3 is 1.40 bits per heavy atom. The van der Waals surface area contributed by atoms with E-state index in [1.54, 1.807) is 38.5 Å². The molecule has 8 unspecified atom stereocenters. The Bertz CT molecular complexity index is 740. The molecule has 4 fully saturated rings. The molecule has 0 aromatic heterocycles. The molecule has 0 aliphatic heterocycles. The molecule has 0 heterocycles. The molecule has 0 amide bonds. The molecule has 4 saturated carbocycles. The predicted octanol–water partition coefficient (Wildman–Crippen LogP) is 1.02. The van der Waals surface area contributed by atoms with Gasteiger partial charge in [-0.1, -0.05) is 0 Å². The van der Waals surface area contributed by atoms with Crippen LogP contribution in [-0.4, -0.2) is 5.49 Å². The van der Waals surface area contributed by atoms with Gasteiger partial charge in [0.1, 0.15) is 0 Å². The van der Waals surface area contributed by atoms with Crippen LogP contribution in [0.5, 0.6) is 0 Å².